The van der Waals surface area contributed by atoms with Crippen LogP contribution < -0.4 is 0 Å². The second kappa shape index (κ2) is 9.59. The minimum Gasteiger partial charge on any atom is -0.323 e. The molecule has 15 heavy (non-hydrogen) atoms. The lowest BCUT2D eigenvalue weighted by atomic mass is 10.9. The third kappa shape index (κ3) is 8.21. The van der Waals surface area contributed by atoms with E-state index in [-0.39, 0.29) is 0 Å². The van der Waals surface area contributed by atoms with Crippen LogP contribution in [0.15, 0.2) is 22.5 Å². The van der Waals surface area contributed by atoms with Gasteiger partial charge in [0.2, 0.25) is 7.37 Å². The minimum absolute atomic E-state index is 0.472. The van der Waals surface area contributed by atoms with Gasteiger partial charge in [0.1, 0.15) is 0 Å². The van der Waals surface area contributed by atoms with Crippen LogP contribution in [0.25, 0.3) is 0 Å². The smallest absolute Gasteiger partial charge is 0.248 e. The molecule has 0 bridgehead atoms. The Bertz CT molecular complexity index is 232. The normalized spacial score (nSPS) is 13.0. The fourth-order valence-corrected chi connectivity index (χ4v) is 3.89. The maximum Gasteiger partial charge on any atom is 0.248 e. The Hall–Kier alpha value is 0.370. The summed E-state index contributed by atoms with van der Waals surface area (Å²) in [6.45, 7) is 6.45. The monoisotopic (exact) mass is 266 g/mol. The van der Waals surface area contributed by atoms with Crippen molar-refractivity contribution in [2.24, 2.45) is 0 Å². The standard InChI is InChI=1S/C10H19O2PS2/c1-4-12-13(11,7-9-14-5-2)8-10-15-6-3/h7-10H,4-6H2,1-3H3/b9-7-,10-8-. The highest BCUT2D eigenvalue weighted by Gasteiger charge is 2.13. The van der Waals surface area contributed by atoms with Crippen molar-refractivity contribution in [2.45, 2.75) is 20.8 Å². The van der Waals surface area contributed by atoms with E-state index < -0.39 is 7.37 Å². The van der Waals surface area contributed by atoms with E-state index in [1.54, 1.807) is 35.2 Å². The van der Waals surface area contributed by atoms with Gasteiger partial charge < -0.3 is 4.52 Å². The van der Waals surface area contributed by atoms with Crippen LogP contribution in [0.2, 0.25) is 0 Å². The lowest BCUT2D eigenvalue weighted by Gasteiger charge is -2.08. The molecule has 0 unspecified atom stereocenters. The van der Waals surface area contributed by atoms with Crippen molar-refractivity contribution in [3.8, 4) is 0 Å². The molecule has 0 N–H and O–H groups in total. The van der Waals surface area contributed by atoms with E-state index in [9.17, 15) is 4.57 Å². The zero-order valence-corrected chi connectivity index (χ0v) is 12.0. The van der Waals surface area contributed by atoms with Crippen molar-refractivity contribution in [2.75, 3.05) is 18.1 Å². The summed E-state index contributed by atoms with van der Waals surface area (Å²) < 4.78 is 17.4. The molecule has 0 rings (SSSR count). The summed E-state index contributed by atoms with van der Waals surface area (Å²) in [5.41, 5.74) is 0. The second-order valence-corrected chi connectivity index (χ2v) is 7.05. The highest BCUT2D eigenvalue weighted by Crippen LogP contribution is 2.51. The molecule has 0 aliphatic carbocycles. The van der Waals surface area contributed by atoms with Crippen LogP contribution in [0.4, 0.5) is 0 Å². The van der Waals surface area contributed by atoms with Gasteiger partial charge in [-0.1, -0.05) is 13.8 Å². The van der Waals surface area contributed by atoms with E-state index in [2.05, 4.69) is 13.8 Å². The first-order valence-electron chi connectivity index (χ1n) is 5.01. The van der Waals surface area contributed by atoms with Gasteiger partial charge in [0, 0.05) is 11.6 Å². The maximum absolute atomic E-state index is 12.1. The fourth-order valence-electron chi connectivity index (χ4n) is 0.786. The summed E-state index contributed by atoms with van der Waals surface area (Å²) in [4.78, 5) is 0. The Kier molecular flexibility index (Phi) is 9.82. The van der Waals surface area contributed by atoms with Gasteiger partial charge in [0.05, 0.1) is 6.61 Å². The highest BCUT2D eigenvalue weighted by atomic mass is 32.2. The Morgan fingerprint density at radius 1 is 1.07 bits per heavy atom. The van der Waals surface area contributed by atoms with Gasteiger partial charge in [-0.3, -0.25) is 4.57 Å². The van der Waals surface area contributed by atoms with Gasteiger partial charge in [-0.15, -0.1) is 23.5 Å². The van der Waals surface area contributed by atoms with Gasteiger partial charge >= 0.3 is 0 Å². The molecule has 0 heterocycles. The number of hydrogen-bond donors (Lipinski definition) is 0. The van der Waals surface area contributed by atoms with Crippen molar-refractivity contribution >= 4 is 30.9 Å². The zero-order valence-electron chi connectivity index (χ0n) is 9.51. The van der Waals surface area contributed by atoms with Gasteiger partial charge in [-0.2, -0.15) is 0 Å². The SMILES string of the molecule is CCOP(=O)(/C=C\SCC)/C=C\SCC. The summed E-state index contributed by atoms with van der Waals surface area (Å²) in [5, 5.41) is 3.72. The largest absolute Gasteiger partial charge is 0.323 e. The molecule has 0 saturated heterocycles. The molecular formula is C10H19O2PS2. The summed E-state index contributed by atoms with van der Waals surface area (Å²) in [7, 11) is -2.68. The quantitative estimate of drug-likeness (QED) is 0.592. The molecular weight excluding hydrogens is 247 g/mol. The van der Waals surface area contributed by atoms with Gasteiger partial charge in [0.25, 0.3) is 0 Å². The van der Waals surface area contributed by atoms with Crippen molar-refractivity contribution in [1.82, 2.24) is 0 Å². The van der Waals surface area contributed by atoms with Gasteiger partial charge in [0.15, 0.2) is 0 Å². The van der Waals surface area contributed by atoms with Crippen molar-refractivity contribution in [3.05, 3.63) is 22.5 Å². The second-order valence-electron chi connectivity index (χ2n) is 2.54. The van der Waals surface area contributed by atoms with Gasteiger partial charge in [-0.05, 0) is 29.2 Å². The van der Waals surface area contributed by atoms with Crippen LogP contribution >= 0.6 is 30.9 Å². The topological polar surface area (TPSA) is 26.3 Å². The first-order chi connectivity index (χ1) is 7.18. The molecule has 0 aromatic rings. The van der Waals surface area contributed by atoms with Crippen LogP contribution in [0, 0.1) is 0 Å². The van der Waals surface area contributed by atoms with Gasteiger partial charge in [-0.25, -0.2) is 0 Å². The number of hydrogen-bond acceptors (Lipinski definition) is 4. The lowest BCUT2D eigenvalue weighted by Crippen LogP contribution is -1.83. The Morgan fingerprint density at radius 3 is 1.87 bits per heavy atom. The van der Waals surface area contributed by atoms with E-state index >= 15 is 0 Å². The summed E-state index contributed by atoms with van der Waals surface area (Å²) in [5.74, 6) is 5.32. The number of rotatable bonds is 8. The molecule has 2 nitrogen and oxygen atoms in total. The molecule has 0 spiro atoms. The van der Waals surface area contributed by atoms with E-state index in [4.69, 9.17) is 4.52 Å². The third-order valence-electron chi connectivity index (χ3n) is 1.39. The molecule has 0 fully saturated rings. The predicted octanol–water partition coefficient (Wildman–Crippen LogP) is 4.75. The Morgan fingerprint density at radius 2 is 1.53 bits per heavy atom. The van der Waals surface area contributed by atoms with E-state index in [1.807, 2.05) is 17.7 Å². The predicted molar refractivity (Wildman–Crippen MR) is 73.8 cm³/mol. The average molecular weight is 266 g/mol. The van der Waals surface area contributed by atoms with Crippen LogP contribution in [-0.2, 0) is 9.09 Å². The van der Waals surface area contributed by atoms with E-state index in [1.165, 1.54) is 0 Å². The third-order valence-corrected chi connectivity index (χ3v) is 4.91. The maximum atomic E-state index is 12.1. The molecule has 0 aliphatic rings. The highest BCUT2D eigenvalue weighted by molar-refractivity contribution is 8.02. The summed E-state index contributed by atoms with van der Waals surface area (Å²) in [6.07, 6.45) is 0. The molecule has 5 heteroatoms. The van der Waals surface area contributed by atoms with Crippen LogP contribution in [-0.4, -0.2) is 18.1 Å². The average Bonchev–Trinajstić information content (AvgIpc) is 2.19. The van der Waals surface area contributed by atoms with Crippen molar-refractivity contribution in [1.29, 1.82) is 0 Å². The fraction of sp³-hybridized carbons (Fsp3) is 0.600. The zero-order chi connectivity index (χ0) is 11.6. The molecule has 0 amide bonds. The first kappa shape index (κ1) is 15.4. The molecule has 0 aromatic carbocycles. The molecule has 0 aliphatic heterocycles. The van der Waals surface area contributed by atoms with Crippen molar-refractivity contribution < 1.29 is 9.09 Å². The van der Waals surface area contributed by atoms with E-state index in [0.29, 0.717) is 6.61 Å². The summed E-state index contributed by atoms with van der Waals surface area (Å²) in [6, 6.07) is 0. The van der Waals surface area contributed by atoms with Crippen LogP contribution in [0.5, 0.6) is 0 Å². The minimum atomic E-state index is -2.68. The van der Waals surface area contributed by atoms with Crippen molar-refractivity contribution in [3.63, 3.8) is 0 Å². The van der Waals surface area contributed by atoms with Crippen LogP contribution in [0.1, 0.15) is 20.8 Å². The molecule has 0 aromatic heterocycles. The molecule has 0 radical (unpaired) electrons. The van der Waals surface area contributed by atoms with Crippen LogP contribution in [0.3, 0.4) is 0 Å². The Labute approximate surface area is 101 Å². The number of thioether (sulfide) groups is 2. The molecule has 0 atom stereocenters. The lowest BCUT2D eigenvalue weighted by molar-refractivity contribution is 0.346. The first-order valence-corrected chi connectivity index (χ1v) is 8.87. The van der Waals surface area contributed by atoms with E-state index in [0.717, 1.165) is 11.5 Å². The Balaban J connectivity index is 4.37. The molecule has 0 saturated carbocycles. The summed E-state index contributed by atoms with van der Waals surface area (Å²) >= 11 is 3.25. The molecule has 88 valence electrons.